The molecule has 88 valence electrons. The van der Waals surface area contributed by atoms with E-state index in [-0.39, 0.29) is 0 Å². The van der Waals surface area contributed by atoms with Gasteiger partial charge in [0, 0.05) is 41.3 Å². The summed E-state index contributed by atoms with van der Waals surface area (Å²) in [6, 6.07) is 6.67. The van der Waals surface area contributed by atoms with Gasteiger partial charge in [0.2, 0.25) is 0 Å². The Bertz CT molecular complexity index is 351. The van der Waals surface area contributed by atoms with E-state index < -0.39 is 0 Å². The number of nitrogens with one attached hydrogen (secondary N) is 1. The minimum atomic E-state index is 0.913. The Hall–Kier alpha value is -0.190. The maximum atomic E-state index is 3.64. The monoisotopic (exact) mass is 300 g/mol. The molecule has 0 aliphatic carbocycles. The van der Waals surface area contributed by atoms with Crippen LogP contribution in [0.3, 0.4) is 0 Å². The molecule has 1 saturated heterocycles. The molecular formula is C12H17BrN2S. The predicted octanol–water partition coefficient (Wildman–Crippen LogP) is 2.72. The molecule has 0 radical (unpaired) electrons. The van der Waals surface area contributed by atoms with Crippen LogP contribution >= 0.6 is 27.7 Å². The van der Waals surface area contributed by atoms with Crippen LogP contribution in [-0.4, -0.2) is 31.6 Å². The van der Waals surface area contributed by atoms with E-state index in [1.54, 1.807) is 0 Å². The SMILES string of the molecule is CNCc1ccc(N2CCSCC2)cc1Br. The summed E-state index contributed by atoms with van der Waals surface area (Å²) in [5.74, 6) is 2.49. The number of halogens is 1. The quantitative estimate of drug-likeness (QED) is 0.924. The summed E-state index contributed by atoms with van der Waals surface area (Å²) in [5.41, 5.74) is 2.66. The molecule has 1 aromatic carbocycles. The molecule has 1 heterocycles. The van der Waals surface area contributed by atoms with Crippen LogP contribution in [0.25, 0.3) is 0 Å². The van der Waals surface area contributed by atoms with E-state index in [1.165, 1.54) is 40.3 Å². The fourth-order valence-corrected chi connectivity index (χ4v) is 3.30. The number of rotatable bonds is 3. The third-order valence-electron chi connectivity index (χ3n) is 2.78. The second-order valence-electron chi connectivity index (χ2n) is 3.91. The summed E-state index contributed by atoms with van der Waals surface area (Å²) < 4.78 is 1.21. The average molecular weight is 301 g/mol. The molecule has 2 rings (SSSR count). The molecule has 1 aliphatic rings. The van der Waals surface area contributed by atoms with Gasteiger partial charge in [-0.2, -0.15) is 11.8 Å². The van der Waals surface area contributed by atoms with E-state index in [2.05, 4.69) is 44.3 Å². The van der Waals surface area contributed by atoms with Crippen molar-refractivity contribution in [3.05, 3.63) is 28.2 Å². The molecular weight excluding hydrogens is 284 g/mol. The second kappa shape index (κ2) is 5.94. The lowest BCUT2D eigenvalue weighted by molar-refractivity contribution is 0.811. The molecule has 2 nitrogen and oxygen atoms in total. The van der Waals surface area contributed by atoms with E-state index >= 15 is 0 Å². The summed E-state index contributed by atoms with van der Waals surface area (Å²) in [7, 11) is 1.97. The summed E-state index contributed by atoms with van der Waals surface area (Å²) >= 11 is 5.69. The van der Waals surface area contributed by atoms with Crippen LogP contribution in [-0.2, 0) is 6.54 Å². The minimum absolute atomic E-state index is 0.913. The minimum Gasteiger partial charge on any atom is -0.370 e. The Balaban J connectivity index is 2.13. The topological polar surface area (TPSA) is 15.3 Å². The highest BCUT2D eigenvalue weighted by Gasteiger charge is 2.12. The van der Waals surface area contributed by atoms with Gasteiger partial charge in [-0.25, -0.2) is 0 Å². The Morgan fingerprint density at radius 3 is 2.75 bits per heavy atom. The molecule has 1 fully saturated rings. The third-order valence-corrected chi connectivity index (χ3v) is 4.46. The van der Waals surface area contributed by atoms with Gasteiger partial charge >= 0.3 is 0 Å². The van der Waals surface area contributed by atoms with Crippen molar-refractivity contribution in [2.75, 3.05) is 36.5 Å². The highest BCUT2D eigenvalue weighted by Crippen LogP contribution is 2.26. The lowest BCUT2D eigenvalue weighted by Gasteiger charge is -2.28. The molecule has 0 bridgehead atoms. The number of hydrogen-bond acceptors (Lipinski definition) is 3. The zero-order valence-corrected chi connectivity index (χ0v) is 11.9. The van der Waals surface area contributed by atoms with Gasteiger partial charge in [0.1, 0.15) is 0 Å². The Morgan fingerprint density at radius 2 is 2.12 bits per heavy atom. The van der Waals surface area contributed by atoms with Crippen molar-refractivity contribution in [1.82, 2.24) is 5.32 Å². The second-order valence-corrected chi connectivity index (χ2v) is 5.98. The molecule has 0 atom stereocenters. The van der Waals surface area contributed by atoms with E-state index in [4.69, 9.17) is 0 Å². The normalized spacial score (nSPS) is 16.5. The van der Waals surface area contributed by atoms with Gasteiger partial charge in [0.25, 0.3) is 0 Å². The van der Waals surface area contributed by atoms with Gasteiger partial charge in [-0.15, -0.1) is 0 Å². The first-order valence-corrected chi connectivity index (χ1v) is 7.52. The van der Waals surface area contributed by atoms with E-state index in [0.717, 1.165) is 6.54 Å². The average Bonchev–Trinajstić information content (AvgIpc) is 2.33. The number of thioether (sulfide) groups is 1. The van der Waals surface area contributed by atoms with Crippen molar-refractivity contribution in [3.63, 3.8) is 0 Å². The Labute approximate surface area is 110 Å². The first-order chi connectivity index (χ1) is 7.81. The van der Waals surface area contributed by atoms with Crippen molar-refractivity contribution < 1.29 is 0 Å². The van der Waals surface area contributed by atoms with Crippen LogP contribution in [0.4, 0.5) is 5.69 Å². The maximum Gasteiger partial charge on any atom is 0.0378 e. The van der Waals surface area contributed by atoms with E-state index in [9.17, 15) is 0 Å². The van der Waals surface area contributed by atoms with Crippen molar-refractivity contribution in [1.29, 1.82) is 0 Å². The number of benzene rings is 1. The molecule has 1 aromatic rings. The number of hydrogen-bond donors (Lipinski definition) is 1. The van der Waals surface area contributed by atoms with Crippen LogP contribution in [0.15, 0.2) is 22.7 Å². The fraction of sp³-hybridized carbons (Fsp3) is 0.500. The zero-order valence-electron chi connectivity index (χ0n) is 9.50. The van der Waals surface area contributed by atoms with Crippen molar-refractivity contribution in [3.8, 4) is 0 Å². The Kier molecular flexibility index (Phi) is 4.55. The molecule has 0 unspecified atom stereocenters. The largest absolute Gasteiger partial charge is 0.370 e. The fourth-order valence-electron chi connectivity index (χ4n) is 1.89. The van der Waals surface area contributed by atoms with Gasteiger partial charge < -0.3 is 10.2 Å². The first kappa shape index (κ1) is 12.3. The number of nitrogens with zero attached hydrogens (tertiary/aromatic N) is 1. The summed E-state index contributed by atoms with van der Waals surface area (Å²) in [6.45, 7) is 3.25. The van der Waals surface area contributed by atoms with E-state index in [1.807, 2.05) is 18.8 Å². The molecule has 1 N–H and O–H groups in total. The lowest BCUT2D eigenvalue weighted by Crippen LogP contribution is -2.32. The molecule has 0 aromatic heterocycles. The molecule has 0 saturated carbocycles. The molecule has 1 aliphatic heterocycles. The molecule has 16 heavy (non-hydrogen) atoms. The van der Waals surface area contributed by atoms with Crippen LogP contribution in [0, 0.1) is 0 Å². The van der Waals surface area contributed by atoms with Gasteiger partial charge in [-0.1, -0.05) is 22.0 Å². The lowest BCUT2D eigenvalue weighted by atomic mass is 10.2. The summed E-state index contributed by atoms with van der Waals surface area (Å²) in [5, 5.41) is 3.18. The molecule has 4 heteroatoms. The molecule has 0 amide bonds. The van der Waals surface area contributed by atoms with E-state index in [0.29, 0.717) is 0 Å². The number of anilines is 1. The Morgan fingerprint density at radius 1 is 1.38 bits per heavy atom. The zero-order chi connectivity index (χ0) is 11.4. The first-order valence-electron chi connectivity index (χ1n) is 5.57. The standard InChI is InChI=1S/C12H17BrN2S/c1-14-9-10-2-3-11(8-12(10)13)15-4-6-16-7-5-15/h2-3,8,14H,4-7,9H2,1H3. The van der Waals surface area contributed by atoms with Gasteiger partial charge in [0.15, 0.2) is 0 Å². The van der Waals surface area contributed by atoms with Crippen LogP contribution in [0.2, 0.25) is 0 Å². The molecule has 0 spiro atoms. The van der Waals surface area contributed by atoms with Crippen molar-refractivity contribution >= 4 is 33.4 Å². The van der Waals surface area contributed by atoms with Gasteiger partial charge in [-0.3, -0.25) is 0 Å². The van der Waals surface area contributed by atoms with Crippen LogP contribution in [0.1, 0.15) is 5.56 Å². The predicted molar refractivity (Wildman–Crippen MR) is 76.4 cm³/mol. The van der Waals surface area contributed by atoms with Gasteiger partial charge in [-0.05, 0) is 24.7 Å². The smallest absolute Gasteiger partial charge is 0.0378 e. The van der Waals surface area contributed by atoms with Crippen LogP contribution in [0.5, 0.6) is 0 Å². The summed E-state index contributed by atoms with van der Waals surface area (Å²) in [4.78, 5) is 2.46. The van der Waals surface area contributed by atoms with Crippen molar-refractivity contribution in [2.24, 2.45) is 0 Å². The van der Waals surface area contributed by atoms with Crippen LogP contribution < -0.4 is 10.2 Å². The highest BCUT2D eigenvalue weighted by molar-refractivity contribution is 9.10. The van der Waals surface area contributed by atoms with Crippen molar-refractivity contribution in [2.45, 2.75) is 6.54 Å². The third kappa shape index (κ3) is 2.93. The highest BCUT2D eigenvalue weighted by atomic mass is 79.9. The maximum absolute atomic E-state index is 3.64. The van der Waals surface area contributed by atoms with Gasteiger partial charge in [0.05, 0.1) is 0 Å². The summed E-state index contributed by atoms with van der Waals surface area (Å²) in [6.07, 6.45) is 0.